The molecule has 2 rings (SSSR count). The fraction of sp³-hybridized carbons (Fsp3) is 0.312. The van der Waals surface area contributed by atoms with E-state index in [1.165, 1.54) is 6.92 Å². The SMILES string of the molecule is CCNc1ncc(C)c(Nc2cccc(NC(C)=O)c2C)n1. The normalized spacial score (nSPS) is 10.2. The van der Waals surface area contributed by atoms with E-state index in [-0.39, 0.29) is 5.91 Å². The Labute approximate surface area is 130 Å². The maximum Gasteiger partial charge on any atom is 0.224 e. The van der Waals surface area contributed by atoms with Crippen molar-refractivity contribution in [1.82, 2.24) is 9.97 Å². The standard InChI is InChI=1S/C16H21N5O/c1-5-17-16-18-9-10(2)15(21-16)20-14-8-6-7-13(11(14)3)19-12(4)22/h6-9H,5H2,1-4H3,(H,19,22)(H2,17,18,20,21). The van der Waals surface area contributed by atoms with Crippen LogP contribution in [0.25, 0.3) is 0 Å². The van der Waals surface area contributed by atoms with Crippen molar-refractivity contribution in [2.45, 2.75) is 27.7 Å². The van der Waals surface area contributed by atoms with Gasteiger partial charge in [-0.05, 0) is 38.5 Å². The predicted molar refractivity (Wildman–Crippen MR) is 89.7 cm³/mol. The first-order valence-electron chi connectivity index (χ1n) is 7.23. The minimum Gasteiger partial charge on any atom is -0.354 e. The molecule has 6 nitrogen and oxygen atoms in total. The van der Waals surface area contributed by atoms with E-state index in [4.69, 9.17) is 0 Å². The fourth-order valence-corrected chi connectivity index (χ4v) is 2.04. The predicted octanol–water partition coefficient (Wildman–Crippen LogP) is 3.23. The molecule has 2 aromatic rings. The highest BCUT2D eigenvalue weighted by molar-refractivity contribution is 5.90. The van der Waals surface area contributed by atoms with Gasteiger partial charge in [-0.1, -0.05) is 6.07 Å². The van der Waals surface area contributed by atoms with Gasteiger partial charge in [0.05, 0.1) is 0 Å². The van der Waals surface area contributed by atoms with Crippen molar-refractivity contribution in [1.29, 1.82) is 0 Å². The Morgan fingerprint density at radius 2 is 1.95 bits per heavy atom. The van der Waals surface area contributed by atoms with E-state index < -0.39 is 0 Å². The molecule has 1 aromatic heterocycles. The van der Waals surface area contributed by atoms with Crippen LogP contribution >= 0.6 is 0 Å². The zero-order valence-corrected chi connectivity index (χ0v) is 13.3. The van der Waals surface area contributed by atoms with Gasteiger partial charge in [-0.25, -0.2) is 4.98 Å². The molecular formula is C16H21N5O. The molecule has 0 unspecified atom stereocenters. The lowest BCUT2D eigenvalue weighted by Gasteiger charge is -2.15. The summed E-state index contributed by atoms with van der Waals surface area (Å²) in [6.07, 6.45) is 1.78. The molecule has 1 aromatic carbocycles. The largest absolute Gasteiger partial charge is 0.354 e. The monoisotopic (exact) mass is 299 g/mol. The summed E-state index contributed by atoms with van der Waals surface area (Å²) < 4.78 is 0. The zero-order valence-electron chi connectivity index (χ0n) is 13.3. The van der Waals surface area contributed by atoms with Gasteiger partial charge >= 0.3 is 0 Å². The number of hydrogen-bond donors (Lipinski definition) is 3. The van der Waals surface area contributed by atoms with Gasteiger partial charge in [0.15, 0.2) is 0 Å². The average Bonchev–Trinajstić information content (AvgIpc) is 2.46. The molecule has 22 heavy (non-hydrogen) atoms. The van der Waals surface area contributed by atoms with E-state index in [9.17, 15) is 4.79 Å². The Morgan fingerprint density at radius 3 is 2.64 bits per heavy atom. The van der Waals surface area contributed by atoms with Gasteiger partial charge in [0.25, 0.3) is 0 Å². The molecule has 0 radical (unpaired) electrons. The third-order valence-corrected chi connectivity index (χ3v) is 3.20. The number of amides is 1. The smallest absolute Gasteiger partial charge is 0.224 e. The van der Waals surface area contributed by atoms with Crippen LogP contribution in [-0.2, 0) is 4.79 Å². The van der Waals surface area contributed by atoms with Crippen LogP contribution < -0.4 is 16.0 Å². The van der Waals surface area contributed by atoms with Gasteiger partial charge in [-0.2, -0.15) is 4.98 Å². The number of aromatic nitrogens is 2. The van der Waals surface area contributed by atoms with E-state index in [1.54, 1.807) is 6.20 Å². The van der Waals surface area contributed by atoms with Crippen molar-refractivity contribution in [2.24, 2.45) is 0 Å². The second-order valence-electron chi connectivity index (χ2n) is 5.04. The number of anilines is 4. The van der Waals surface area contributed by atoms with Crippen LogP contribution in [-0.4, -0.2) is 22.4 Å². The molecular weight excluding hydrogens is 278 g/mol. The number of hydrogen-bond acceptors (Lipinski definition) is 5. The lowest BCUT2D eigenvalue weighted by Crippen LogP contribution is -2.09. The van der Waals surface area contributed by atoms with Gasteiger partial charge in [-0.3, -0.25) is 4.79 Å². The number of rotatable bonds is 5. The number of carbonyl (C=O) groups excluding carboxylic acids is 1. The number of benzene rings is 1. The molecule has 0 aliphatic rings. The zero-order chi connectivity index (χ0) is 16.1. The summed E-state index contributed by atoms with van der Waals surface area (Å²) in [7, 11) is 0. The Bertz CT molecular complexity index is 684. The van der Waals surface area contributed by atoms with E-state index in [1.807, 2.05) is 39.0 Å². The van der Waals surface area contributed by atoms with Gasteiger partial charge in [0, 0.05) is 36.6 Å². The van der Waals surface area contributed by atoms with Gasteiger partial charge in [0.2, 0.25) is 11.9 Å². The quantitative estimate of drug-likeness (QED) is 0.790. The summed E-state index contributed by atoms with van der Waals surface area (Å²) in [6, 6.07) is 5.72. The lowest BCUT2D eigenvalue weighted by atomic mass is 10.1. The molecule has 1 heterocycles. The summed E-state index contributed by atoms with van der Waals surface area (Å²) in [4.78, 5) is 19.9. The van der Waals surface area contributed by atoms with E-state index in [0.717, 1.165) is 34.9 Å². The molecule has 6 heteroatoms. The topological polar surface area (TPSA) is 78.9 Å². The van der Waals surface area contributed by atoms with E-state index in [0.29, 0.717) is 5.95 Å². The Hall–Kier alpha value is -2.63. The second-order valence-corrected chi connectivity index (χ2v) is 5.04. The van der Waals surface area contributed by atoms with E-state index in [2.05, 4.69) is 25.9 Å². The van der Waals surface area contributed by atoms with Crippen molar-refractivity contribution in [2.75, 3.05) is 22.5 Å². The van der Waals surface area contributed by atoms with Crippen LogP contribution in [0.1, 0.15) is 25.0 Å². The van der Waals surface area contributed by atoms with Crippen molar-refractivity contribution in [3.63, 3.8) is 0 Å². The van der Waals surface area contributed by atoms with Gasteiger partial charge in [-0.15, -0.1) is 0 Å². The summed E-state index contributed by atoms with van der Waals surface area (Å²) in [5, 5.41) is 9.23. The lowest BCUT2D eigenvalue weighted by molar-refractivity contribution is -0.114. The number of nitrogens with one attached hydrogen (secondary N) is 3. The van der Waals surface area contributed by atoms with Crippen molar-refractivity contribution in [3.05, 3.63) is 35.5 Å². The van der Waals surface area contributed by atoms with Crippen LogP contribution in [0, 0.1) is 13.8 Å². The number of carbonyl (C=O) groups is 1. The Balaban J connectivity index is 2.31. The van der Waals surface area contributed by atoms with E-state index >= 15 is 0 Å². The Kier molecular flexibility index (Phi) is 4.93. The minimum atomic E-state index is -0.0899. The molecule has 3 N–H and O–H groups in total. The summed E-state index contributed by atoms with van der Waals surface area (Å²) in [5.74, 6) is 1.24. The number of aryl methyl sites for hydroxylation is 1. The third-order valence-electron chi connectivity index (χ3n) is 3.20. The maximum atomic E-state index is 11.2. The average molecular weight is 299 g/mol. The number of nitrogens with zero attached hydrogens (tertiary/aromatic N) is 2. The first-order chi connectivity index (χ1) is 10.5. The summed E-state index contributed by atoms with van der Waals surface area (Å²) in [5.41, 5.74) is 3.60. The molecule has 0 atom stereocenters. The summed E-state index contributed by atoms with van der Waals surface area (Å²) >= 11 is 0. The van der Waals surface area contributed by atoms with Gasteiger partial charge < -0.3 is 16.0 Å². The van der Waals surface area contributed by atoms with Crippen molar-refractivity contribution >= 4 is 29.0 Å². The molecule has 1 amide bonds. The molecule has 0 aliphatic heterocycles. The molecule has 116 valence electrons. The van der Waals surface area contributed by atoms with Gasteiger partial charge in [0.1, 0.15) is 5.82 Å². The molecule has 0 bridgehead atoms. The fourth-order valence-electron chi connectivity index (χ4n) is 2.04. The maximum absolute atomic E-state index is 11.2. The van der Waals surface area contributed by atoms with Crippen LogP contribution in [0.4, 0.5) is 23.1 Å². The minimum absolute atomic E-state index is 0.0899. The molecule has 0 aliphatic carbocycles. The van der Waals surface area contributed by atoms with Crippen molar-refractivity contribution < 1.29 is 4.79 Å². The molecule has 0 spiro atoms. The third kappa shape index (κ3) is 3.72. The first-order valence-corrected chi connectivity index (χ1v) is 7.23. The molecule has 0 fully saturated rings. The highest BCUT2D eigenvalue weighted by atomic mass is 16.1. The van der Waals surface area contributed by atoms with Crippen molar-refractivity contribution in [3.8, 4) is 0 Å². The Morgan fingerprint density at radius 1 is 1.23 bits per heavy atom. The van der Waals surface area contributed by atoms with Crippen LogP contribution in [0.2, 0.25) is 0 Å². The first kappa shape index (κ1) is 15.8. The second kappa shape index (κ2) is 6.89. The van der Waals surface area contributed by atoms with Crippen LogP contribution in [0.15, 0.2) is 24.4 Å². The highest BCUT2D eigenvalue weighted by Gasteiger charge is 2.08. The summed E-state index contributed by atoms with van der Waals surface area (Å²) in [6.45, 7) is 8.16. The molecule has 0 saturated heterocycles. The molecule has 0 saturated carbocycles. The highest BCUT2D eigenvalue weighted by Crippen LogP contribution is 2.27. The van der Waals surface area contributed by atoms with Crippen LogP contribution in [0.3, 0.4) is 0 Å². The van der Waals surface area contributed by atoms with Crippen LogP contribution in [0.5, 0.6) is 0 Å².